The molecule has 0 radical (unpaired) electrons. The molecule has 4 nitrogen and oxygen atoms in total. The van der Waals surface area contributed by atoms with E-state index >= 15 is 0 Å². The SMILES string of the molecule is CCCCN(C(=O)c1ccccc1)[C@H]1CN(CC)C[C@@H]1O. The summed E-state index contributed by atoms with van der Waals surface area (Å²) >= 11 is 0. The Labute approximate surface area is 127 Å². The number of benzene rings is 1. The van der Waals surface area contributed by atoms with Crippen molar-refractivity contribution in [1.29, 1.82) is 0 Å². The van der Waals surface area contributed by atoms with Gasteiger partial charge in [-0.2, -0.15) is 0 Å². The van der Waals surface area contributed by atoms with Crippen LogP contribution in [0.4, 0.5) is 0 Å². The molecule has 1 amide bonds. The number of unbranched alkanes of at least 4 members (excludes halogenated alkanes) is 1. The zero-order valence-electron chi connectivity index (χ0n) is 13.0. The average Bonchev–Trinajstić information content (AvgIpc) is 2.89. The molecule has 0 unspecified atom stereocenters. The third-order valence-electron chi connectivity index (χ3n) is 4.22. The Balaban J connectivity index is 2.16. The van der Waals surface area contributed by atoms with Gasteiger partial charge in [-0.3, -0.25) is 9.69 Å². The third-order valence-corrected chi connectivity index (χ3v) is 4.22. The number of hydrogen-bond acceptors (Lipinski definition) is 3. The van der Waals surface area contributed by atoms with Crippen LogP contribution in [0.15, 0.2) is 30.3 Å². The van der Waals surface area contributed by atoms with Crippen molar-refractivity contribution in [2.24, 2.45) is 0 Å². The molecular weight excluding hydrogens is 264 g/mol. The van der Waals surface area contributed by atoms with Crippen LogP contribution in [0.2, 0.25) is 0 Å². The summed E-state index contributed by atoms with van der Waals surface area (Å²) in [6.45, 7) is 7.25. The second-order valence-electron chi connectivity index (χ2n) is 5.71. The van der Waals surface area contributed by atoms with Gasteiger partial charge in [0, 0.05) is 25.2 Å². The Bertz CT molecular complexity index is 449. The van der Waals surface area contributed by atoms with Gasteiger partial charge in [0.05, 0.1) is 12.1 Å². The summed E-state index contributed by atoms with van der Waals surface area (Å²) in [4.78, 5) is 16.8. The minimum atomic E-state index is -0.450. The molecule has 0 bridgehead atoms. The average molecular weight is 290 g/mol. The van der Waals surface area contributed by atoms with Gasteiger partial charge < -0.3 is 10.0 Å². The summed E-state index contributed by atoms with van der Waals surface area (Å²) in [6, 6.07) is 9.28. The van der Waals surface area contributed by atoms with Crippen molar-refractivity contribution < 1.29 is 9.90 Å². The second kappa shape index (κ2) is 7.57. The van der Waals surface area contributed by atoms with Crippen molar-refractivity contribution >= 4 is 5.91 Å². The molecule has 0 aromatic heterocycles. The molecule has 1 aliphatic heterocycles. The van der Waals surface area contributed by atoms with Crippen LogP contribution in [0.1, 0.15) is 37.0 Å². The fourth-order valence-corrected chi connectivity index (χ4v) is 2.90. The van der Waals surface area contributed by atoms with Crippen molar-refractivity contribution in [2.45, 2.75) is 38.8 Å². The number of likely N-dealkylation sites (tertiary alicyclic amines) is 1. The summed E-state index contributed by atoms with van der Waals surface area (Å²) in [5, 5.41) is 10.3. The quantitative estimate of drug-likeness (QED) is 0.871. The van der Waals surface area contributed by atoms with E-state index < -0.39 is 6.10 Å². The molecule has 0 spiro atoms. The Morgan fingerprint density at radius 1 is 1.29 bits per heavy atom. The number of likely N-dealkylation sites (N-methyl/N-ethyl adjacent to an activating group) is 1. The van der Waals surface area contributed by atoms with Gasteiger partial charge in [-0.15, -0.1) is 0 Å². The Kier molecular flexibility index (Phi) is 5.76. The largest absolute Gasteiger partial charge is 0.390 e. The molecule has 4 heteroatoms. The number of carbonyl (C=O) groups excluding carboxylic acids is 1. The van der Waals surface area contributed by atoms with Gasteiger partial charge in [0.15, 0.2) is 0 Å². The molecule has 1 aromatic rings. The molecule has 1 aromatic carbocycles. The summed E-state index contributed by atoms with van der Waals surface area (Å²) in [5.41, 5.74) is 0.704. The van der Waals surface area contributed by atoms with E-state index in [1.807, 2.05) is 35.2 Å². The number of β-amino-alcohol motifs (C(OH)–C–C–N with tert-alkyl or cyclic N) is 1. The van der Waals surface area contributed by atoms with E-state index in [0.29, 0.717) is 18.7 Å². The molecule has 0 saturated carbocycles. The first-order chi connectivity index (χ1) is 10.2. The predicted octanol–water partition coefficient (Wildman–Crippen LogP) is 1.99. The minimum absolute atomic E-state index is 0.0334. The van der Waals surface area contributed by atoms with E-state index in [0.717, 1.165) is 25.9 Å². The van der Waals surface area contributed by atoms with E-state index in [9.17, 15) is 9.90 Å². The van der Waals surface area contributed by atoms with Crippen molar-refractivity contribution in [3.8, 4) is 0 Å². The first kappa shape index (κ1) is 16.0. The highest BCUT2D eigenvalue weighted by Gasteiger charge is 2.37. The Morgan fingerprint density at radius 2 is 2.00 bits per heavy atom. The van der Waals surface area contributed by atoms with Gasteiger partial charge in [0.1, 0.15) is 0 Å². The van der Waals surface area contributed by atoms with E-state index in [1.54, 1.807) is 0 Å². The van der Waals surface area contributed by atoms with Crippen LogP contribution in [0.5, 0.6) is 0 Å². The molecule has 1 aliphatic rings. The van der Waals surface area contributed by atoms with Gasteiger partial charge in [0.2, 0.25) is 0 Å². The smallest absolute Gasteiger partial charge is 0.254 e. The monoisotopic (exact) mass is 290 g/mol. The van der Waals surface area contributed by atoms with E-state index in [2.05, 4.69) is 18.7 Å². The fraction of sp³-hybridized carbons (Fsp3) is 0.588. The summed E-state index contributed by atoms with van der Waals surface area (Å²) in [6.07, 6.45) is 1.56. The van der Waals surface area contributed by atoms with E-state index in [1.165, 1.54) is 0 Å². The number of nitrogens with zero attached hydrogens (tertiary/aromatic N) is 2. The minimum Gasteiger partial charge on any atom is -0.390 e. The molecule has 116 valence electrons. The highest BCUT2D eigenvalue weighted by atomic mass is 16.3. The van der Waals surface area contributed by atoms with Crippen molar-refractivity contribution in [3.63, 3.8) is 0 Å². The standard InChI is InChI=1S/C17H26N2O2/c1-3-5-11-19(15-12-18(4-2)13-16(15)20)17(21)14-9-7-6-8-10-14/h6-10,15-16,20H,3-5,11-13H2,1-2H3/t15-,16-/m0/s1. The molecule has 2 rings (SSSR count). The van der Waals surface area contributed by atoms with Crippen molar-refractivity contribution in [2.75, 3.05) is 26.2 Å². The van der Waals surface area contributed by atoms with Crippen LogP contribution < -0.4 is 0 Å². The predicted molar refractivity (Wildman–Crippen MR) is 84.3 cm³/mol. The number of carbonyl (C=O) groups is 1. The lowest BCUT2D eigenvalue weighted by Crippen LogP contribution is -2.47. The van der Waals surface area contributed by atoms with Crippen LogP contribution in [0, 0.1) is 0 Å². The van der Waals surface area contributed by atoms with Gasteiger partial charge in [-0.1, -0.05) is 38.5 Å². The zero-order chi connectivity index (χ0) is 15.2. The van der Waals surface area contributed by atoms with Crippen molar-refractivity contribution in [3.05, 3.63) is 35.9 Å². The molecule has 0 aliphatic carbocycles. The van der Waals surface area contributed by atoms with Gasteiger partial charge in [-0.05, 0) is 25.1 Å². The third kappa shape index (κ3) is 3.83. The Morgan fingerprint density at radius 3 is 2.57 bits per heavy atom. The summed E-state index contributed by atoms with van der Waals surface area (Å²) < 4.78 is 0. The van der Waals surface area contributed by atoms with E-state index in [-0.39, 0.29) is 11.9 Å². The number of amides is 1. The highest BCUT2D eigenvalue weighted by Crippen LogP contribution is 2.19. The van der Waals surface area contributed by atoms with Crippen LogP contribution in [0.25, 0.3) is 0 Å². The molecule has 1 fully saturated rings. The molecule has 1 heterocycles. The zero-order valence-corrected chi connectivity index (χ0v) is 13.0. The van der Waals surface area contributed by atoms with Crippen LogP contribution in [-0.2, 0) is 0 Å². The van der Waals surface area contributed by atoms with Gasteiger partial charge in [0.25, 0.3) is 5.91 Å². The lowest BCUT2D eigenvalue weighted by atomic mass is 10.1. The van der Waals surface area contributed by atoms with Crippen LogP contribution in [0.3, 0.4) is 0 Å². The normalized spacial score (nSPS) is 22.4. The maximum atomic E-state index is 12.8. The maximum absolute atomic E-state index is 12.8. The number of hydrogen-bond donors (Lipinski definition) is 1. The van der Waals surface area contributed by atoms with E-state index in [4.69, 9.17) is 0 Å². The first-order valence-corrected chi connectivity index (χ1v) is 7.93. The molecule has 1 saturated heterocycles. The number of aliphatic hydroxyl groups is 1. The lowest BCUT2D eigenvalue weighted by Gasteiger charge is -2.31. The summed E-state index contributed by atoms with van der Waals surface area (Å²) in [7, 11) is 0. The summed E-state index contributed by atoms with van der Waals surface area (Å²) in [5.74, 6) is 0.0334. The topological polar surface area (TPSA) is 43.8 Å². The number of rotatable bonds is 6. The van der Waals surface area contributed by atoms with Crippen LogP contribution >= 0.6 is 0 Å². The molecule has 21 heavy (non-hydrogen) atoms. The lowest BCUT2D eigenvalue weighted by molar-refractivity contribution is 0.0500. The highest BCUT2D eigenvalue weighted by molar-refractivity contribution is 5.94. The molecule has 1 N–H and O–H groups in total. The van der Waals surface area contributed by atoms with Crippen molar-refractivity contribution in [1.82, 2.24) is 9.80 Å². The first-order valence-electron chi connectivity index (χ1n) is 7.93. The second-order valence-corrected chi connectivity index (χ2v) is 5.71. The fourth-order valence-electron chi connectivity index (χ4n) is 2.90. The maximum Gasteiger partial charge on any atom is 0.254 e. The Hall–Kier alpha value is -1.39. The van der Waals surface area contributed by atoms with Crippen LogP contribution in [-0.4, -0.2) is 59.1 Å². The molecular formula is C17H26N2O2. The van der Waals surface area contributed by atoms with Gasteiger partial charge >= 0.3 is 0 Å². The number of aliphatic hydroxyl groups excluding tert-OH is 1. The molecule has 2 atom stereocenters. The van der Waals surface area contributed by atoms with Gasteiger partial charge in [-0.25, -0.2) is 0 Å².